The molecule has 9 heteroatoms. The lowest BCUT2D eigenvalue weighted by Crippen LogP contribution is -2.43. The molecule has 3 rings (SSSR count). The number of likely N-dealkylation sites (N-methyl/N-ethyl adjacent to an activating group) is 1. The first kappa shape index (κ1) is 17.1. The molecule has 2 aromatic rings. The molecule has 7 nitrogen and oxygen atoms in total. The fourth-order valence-electron chi connectivity index (χ4n) is 2.47. The molecule has 0 spiro atoms. The smallest absolute Gasteiger partial charge is 0.263 e. The van der Waals surface area contributed by atoms with Crippen molar-refractivity contribution < 1.29 is 17.9 Å². The summed E-state index contributed by atoms with van der Waals surface area (Å²) >= 11 is 6.04. The van der Waals surface area contributed by atoms with Crippen molar-refractivity contribution in [3.63, 3.8) is 0 Å². The Morgan fingerprint density at radius 1 is 1.38 bits per heavy atom. The molecular weight excluding hydrogens is 354 g/mol. The Morgan fingerprint density at radius 3 is 2.71 bits per heavy atom. The molecule has 0 N–H and O–H groups in total. The lowest BCUT2D eigenvalue weighted by Gasteiger charge is -2.30. The second-order valence-electron chi connectivity index (χ2n) is 5.40. The standard InChI is InChI=1S/C15H18ClN3O4S/c1-3-19(24(20,21)15-14(16)18(2)10-17-15)8-11-9-22-12-6-4-5-7-13(12)23-11/h4-7,10-11H,3,8-9H2,1-2H3. The molecule has 0 fully saturated rings. The van der Waals surface area contributed by atoms with Crippen molar-refractivity contribution in [1.82, 2.24) is 13.9 Å². The van der Waals surface area contributed by atoms with Crippen molar-refractivity contribution in [2.45, 2.75) is 18.1 Å². The molecule has 0 amide bonds. The van der Waals surface area contributed by atoms with E-state index in [2.05, 4.69) is 4.98 Å². The van der Waals surface area contributed by atoms with Gasteiger partial charge in [0.15, 0.2) is 11.5 Å². The molecule has 0 bridgehead atoms. The van der Waals surface area contributed by atoms with Crippen LogP contribution in [0.15, 0.2) is 35.6 Å². The number of sulfonamides is 1. The first-order chi connectivity index (χ1) is 11.4. The maximum atomic E-state index is 12.8. The highest BCUT2D eigenvalue weighted by Gasteiger charge is 2.32. The Bertz CT molecular complexity index is 837. The van der Waals surface area contributed by atoms with Crippen LogP contribution < -0.4 is 9.47 Å². The average molecular weight is 372 g/mol. The third kappa shape index (κ3) is 3.09. The van der Waals surface area contributed by atoms with Gasteiger partial charge in [0.1, 0.15) is 17.9 Å². The van der Waals surface area contributed by atoms with Crippen LogP contribution in [0, 0.1) is 0 Å². The van der Waals surface area contributed by atoms with Crippen molar-refractivity contribution in [2.24, 2.45) is 7.05 Å². The summed E-state index contributed by atoms with van der Waals surface area (Å²) in [6.45, 7) is 2.46. The van der Waals surface area contributed by atoms with E-state index in [0.29, 0.717) is 11.5 Å². The predicted molar refractivity (Wildman–Crippen MR) is 89.0 cm³/mol. The first-order valence-corrected chi connectivity index (χ1v) is 9.30. The second kappa shape index (κ2) is 6.62. The molecule has 130 valence electrons. The highest BCUT2D eigenvalue weighted by atomic mass is 35.5. The van der Waals surface area contributed by atoms with Gasteiger partial charge < -0.3 is 14.0 Å². The van der Waals surface area contributed by atoms with Crippen molar-refractivity contribution in [3.8, 4) is 11.5 Å². The van der Waals surface area contributed by atoms with E-state index < -0.39 is 16.1 Å². The SMILES string of the molecule is CCN(CC1COc2ccccc2O1)S(=O)(=O)c1ncn(C)c1Cl. The number of aryl methyl sites for hydroxylation is 1. The summed E-state index contributed by atoms with van der Waals surface area (Å²) in [6, 6.07) is 7.30. The molecule has 0 aliphatic carbocycles. The van der Waals surface area contributed by atoms with Crippen LogP contribution in [0.1, 0.15) is 6.92 Å². The summed E-state index contributed by atoms with van der Waals surface area (Å²) in [5.41, 5.74) is 0. The van der Waals surface area contributed by atoms with Gasteiger partial charge in [-0.15, -0.1) is 0 Å². The molecule has 0 radical (unpaired) electrons. The number of fused-ring (bicyclic) bond motifs is 1. The van der Waals surface area contributed by atoms with Gasteiger partial charge in [-0.1, -0.05) is 30.7 Å². The highest BCUT2D eigenvalue weighted by Crippen LogP contribution is 2.31. The Kier molecular flexibility index (Phi) is 4.71. The third-order valence-electron chi connectivity index (χ3n) is 3.75. The molecule has 1 aliphatic heterocycles. The summed E-state index contributed by atoms with van der Waals surface area (Å²) < 4.78 is 39.8. The van der Waals surface area contributed by atoms with Gasteiger partial charge in [-0.25, -0.2) is 13.4 Å². The van der Waals surface area contributed by atoms with Gasteiger partial charge in [0.25, 0.3) is 10.0 Å². The number of hydrogen-bond acceptors (Lipinski definition) is 5. The minimum absolute atomic E-state index is 0.0830. The maximum Gasteiger partial charge on any atom is 0.263 e. The van der Waals surface area contributed by atoms with E-state index in [1.165, 1.54) is 15.2 Å². The van der Waals surface area contributed by atoms with Crippen LogP contribution in [0.2, 0.25) is 5.15 Å². The van der Waals surface area contributed by atoms with Crippen LogP contribution in [0.25, 0.3) is 0 Å². The molecule has 1 unspecified atom stereocenters. The van der Waals surface area contributed by atoms with E-state index >= 15 is 0 Å². The molecule has 1 aromatic carbocycles. The van der Waals surface area contributed by atoms with Gasteiger partial charge in [0, 0.05) is 13.6 Å². The normalized spacial score (nSPS) is 17.2. The van der Waals surface area contributed by atoms with Crippen molar-refractivity contribution >= 4 is 21.6 Å². The van der Waals surface area contributed by atoms with Crippen LogP contribution in [0.5, 0.6) is 11.5 Å². The molecular formula is C15H18ClN3O4S. The summed E-state index contributed by atoms with van der Waals surface area (Å²) in [4.78, 5) is 3.91. The largest absolute Gasteiger partial charge is 0.486 e. The van der Waals surface area contributed by atoms with Gasteiger partial charge in [0.05, 0.1) is 12.9 Å². The summed E-state index contributed by atoms with van der Waals surface area (Å²) in [5.74, 6) is 1.27. The molecule has 0 saturated heterocycles. The molecule has 1 aliphatic rings. The molecule has 24 heavy (non-hydrogen) atoms. The fourth-order valence-corrected chi connectivity index (χ4v) is 4.34. The van der Waals surface area contributed by atoms with Crippen LogP contribution in [-0.4, -0.2) is 48.1 Å². The number of aromatic nitrogens is 2. The van der Waals surface area contributed by atoms with Gasteiger partial charge in [0.2, 0.25) is 5.03 Å². The first-order valence-electron chi connectivity index (χ1n) is 7.49. The molecule has 1 aromatic heterocycles. The monoisotopic (exact) mass is 371 g/mol. The number of rotatable bonds is 5. The van der Waals surface area contributed by atoms with Crippen molar-refractivity contribution in [3.05, 3.63) is 35.7 Å². The lowest BCUT2D eigenvalue weighted by atomic mass is 10.2. The number of ether oxygens (including phenoxy) is 2. The number of hydrogen-bond donors (Lipinski definition) is 0. The van der Waals surface area contributed by atoms with Gasteiger partial charge in [-0.3, -0.25) is 0 Å². The minimum atomic E-state index is -3.80. The minimum Gasteiger partial charge on any atom is -0.486 e. The Morgan fingerprint density at radius 2 is 2.08 bits per heavy atom. The summed E-state index contributed by atoms with van der Waals surface area (Å²) in [5, 5.41) is -0.0646. The molecule has 0 saturated carbocycles. The number of para-hydroxylation sites is 2. The van der Waals surface area contributed by atoms with Gasteiger partial charge >= 0.3 is 0 Å². The molecule has 1 atom stereocenters. The summed E-state index contributed by atoms with van der Waals surface area (Å²) in [6.07, 6.45) is 0.969. The maximum absolute atomic E-state index is 12.8. The van der Waals surface area contributed by atoms with E-state index in [1.54, 1.807) is 20.0 Å². The average Bonchev–Trinajstić information content (AvgIpc) is 2.92. The van der Waals surface area contributed by atoms with E-state index in [9.17, 15) is 8.42 Å². The van der Waals surface area contributed by atoms with Crippen LogP contribution in [0.3, 0.4) is 0 Å². The quantitative estimate of drug-likeness (QED) is 0.802. The van der Waals surface area contributed by atoms with E-state index in [4.69, 9.17) is 21.1 Å². The Labute approximate surface area is 145 Å². The van der Waals surface area contributed by atoms with E-state index in [-0.39, 0.29) is 29.9 Å². The zero-order chi connectivity index (χ0) is 17.3. The van der Waals surface area contributed by atoms with Crippen LogP contribution in [0.4, 0.5) is 0 Å². The van der Waals surface area contributed by atoms with Crippen LogP contribution >= 0.6 is 11.6 Å². The van der Waals surface area contributed by atoms with Gasteiger partial charge in [-0.2, -0.15) is 4.31 Å². The molecule has 2 heterocycles. The Hall–Kier alpha value is -1.77. The zero-order valence-corrected chi connectivity index (χ0v) is 14.9. The van der Waals surface area contributed by atoms with Crippen LogP contribution in [-0.2, 0) is 17.1 Å². The predicted octanol–water partition coefficient (Wildman–Crippen LogP) is 1.92. The fraction of sp³-hybridized carbons (Fsp3) is 0.400. The van der Waals surface area contributed by atoms with E-state index in [1.807, 2.05) is 18.2 Å². The zero-order valence-electron chi connectivity index (χ0n) is 13.3. The lowest BCUT2D eigenvalue weighted by molar-refractivity contribution is 0.0771. The van der Waals surface area contributed by atoms with Crippen molar-refractivity contribution in [2.75, 3.05) is 19.7 Å². The topological polar surface area (TPSA) is 73.7 Å². The number of nitrogens with zero attached hydrogens (tertiary/aromatic N) is 3. The third-order valence-corrected chi connectivity index (χ3v) is 6.18. The highest BCUT2D eigenvalue weighted by molar-refractivity contribution is 7.89. The second-order valence-corrected chi connectivity index (χ2v) is 7.62. The number of halogens is 1. The van der Waals surface area contributed by atoms with Gasteiger partial charge in [-0.05, 0) is 12.1 Å². The Balaban J connectivity index is 1.79. The summed E-state index contributed by atoms with van der Waals surface area (Å²) in [7, 11) is -2.17. The van der Waals surface area contributed by atoms with Crippen molar-refractivity contribution in [1.29, 1.82) is 0 Å². The number of benzene rings is 1. The number of imidazole rings is 1. The van der Waals surface area contributed by atoms with E-state index in [0.717, 1.165) is 0 Å².